The number of hydrogen-bond acceptors (Lipinski definition) is 5. The number of carbonyl (C=O) groups is 2. The molecule has 0 atom stereocenters. The Morgan fingerprint density at radius 1 is 1.30 bits per heavy atom. The largest absolute Gasteiger partial charge is 0.497 e. The van der Waals surface area contributed by atoms with E-state index in [0.717, 1.165) is 0 Å². The van der Waals surface area contributed by atoms with Crippen LogP contribution in [0.1, 0.15) is 23.0 Å². The van der Waals surface area contributed by atoms with Crippen molar-refractivity contribution in [3.63, 3.8) is 0 Å². The molecule has 0 aliphatic carbocycles. The molecule has 1 N–H and O–H groups in total. The predicted molar refractivity (Wildman–Crippen MR) is 84.6 cm³/mol. The number of amides is 2. The maximum Gasteiger partial charge on any atom is 0.251 e. The zero-order valence-corrected chi connectivity index (χ0v) is 13.3. The Kier molecular flexibility index (Phi) is 5.35. The summed E-state index contributed by atoms with van der Waals surface area (Å²) in [4.78, 5) is 25.2. The van der Waals surface area contributed by atoms with E-state index in [9.17, 15) is 9.59 Å². The first kappa shape index (κ1) is 16.5. The lowest BCUT2D eigenvalue weighted by Crippen LogP contribution is -2.37. The van der Waals surface area contributed by atoms with Crippen LogP contribution < -0.4 is 15.0 Å². The molecule has 0 saturated carbocycles. The molecular formula is C16H19N3O4. The zero-order chi connectivity index (χ0) is 16.8. The highest BCUT2D eigenvalue weighted by Gasteiger charge is 2.15. The molecule has 7 nitrogen and oxygen atoms in total. The fraction of sp³-hybridized carbons (Fsp3) is 0.312. The number of ether oxygens (including phenoxy) is 1. The number of anilines is 1. The first-order chi connectivity index (χ1) is 11.0. The Hall–Kier alpha value is -2.83. The Morgan fingerprint density at radius 3 is 2.52 bits per heavy atom. The van der Waals surface area contributed by atoms with Gasteiger partial charge in [0.2, 0.25) is 5.91 Å². The second-order valence-corrected chi connectivity index (χ2v) is 4.95. The van der Waals surface area contributed by atoms with Crippen LogP contribution in [0.5, 0.6) is 5.75 Å². The van der Waals surface area contributed by atoms with Gasteiger partial charge in [-0.15, -0.1) is 0 Å². The molecule has 23 heavy (non-hydrogen) atoms. The molecule has 0 aliphatic rings. The molecule has 0 unspecified atom stereocenters. The van der Waals surface area contributed by atoms with E-state index in [1.165, 1.54) is 11.8 Å². The summed E-state index contributed by atoms with van der Waals surface area (Å²) in [5.74, 6) is 1.36. The highest BCUT2D eigenvalue weighted by atomic mass is 16.5. The van der Waals surface area contributed by atoms with Crippen LogP contribution in [0.2, 0.25) is 0 Å². The number of nitrogens with zero attached hydrogens (tertiary/aromatic N) is 2. The SMILES string of the molecule is COc1ccc(C(=O)NCCN(C(C)=O)c2cc(C)on2)cc1. The Labute approximate surface area is 134 Å². The average molecular weight is 317 g/mol. The number of aromatic nitrogens is 1. The van der Waals surface area contributed by atoms with Gasteiger partial charge in [0.05, 0.1) is 7.11 Å². The van der Waals surface area contributed by atoms with E-state index < -0.39 is 0 Å². The van der Waals surface area contributed by atoms with Gasteiger partial charge in [-0.2, -0.15) is 0 Å². The molecule has 0 radical (unpaired) electrons. The Bertz CT molecular complexity index is 679. The third kappa shape index (κ3) is 4.32. The molecule has 122 valence electrons. The second-order valence-electron chi connectivity index (χ2n) is 4.95. The fourth-order valence-corrected chi connectivity index (χ4v) is 2.04. The van der Waals surface area contributed by atoms with Crippen LogP contribution >= 0.6 is 0 Å². The van der Waals surface area contributed by atoms with Crippen molar-refractivity contribution in [2.24, 2.45) is 0 Å². The molecule has 1 heterocycles. The maximum atomic E-state index is 12.0. The van der Waals surface area contributed by atoms with E-state index in [1.54, 1.807) is 44.4 Å². The molecule has 1 aromatic carbocycles. The molecule has 0 saturated heterocycles. The van der Waals surface area contributed by atoms with Crippen LogP contribution in [0.15, 0.2) is 34.9 Å². The zero-order valence-electron chi connectivity index (χ0n) is 13.3. The van der Waals surface area contributed by atoms with Gasteiger partial charge in [0.1, 0.15) is 11.5 Å². The normalized spacial score (nSPS) is 10.2. The standard InChI is InChI=1S/C16H19N3O4/c1-11-10-15(18-23-11)19(12(2)20)9-8-17-16(21)13-4-6-14(22-3)7-5-13/h4-7,10H,8-9H2,1-3H3,(H,17,21). The van der Waals surface area contributed by atoms with Crippen LogP contribution in [-0.4, -0.2) is 37.2 Å². The number of carbonyl (C=O) groups excluding carboxylic acids is 2. The van der Waals surface area contributed by atoms with Crippen LogP contribution in [-0.2, 0) is 4.79 Å². The molecule has 0 bridgehead atoms. The molecule has 0 spiro atoms. The lowest BCUT2D eigenvalue weighted by Gasteiger charge is -2.17. The van der Waals surface area contributed by atoms with E-state index in [0.29, 0.717) is 36.0 Å². The van der Waals surface area contributed by atoms with Gasteiger partial charge in [-0.1, -0.05) is 5.16 Å². The third-order valence-electron chi connectivity index (χ3n) is 3.25. The second kappa shape index (κ2) is 7.44. The van der Waals surface area contributed by atoms with Crippen molar-refractivity contribution in [2.75, 3.05) is 25.1 Å². The van der Waals surface area contributed by atoms with Crippen LogP contribution in [0.25, 0.3) is 0 Å². The molecule has 0 aliphatic heterocycles. The Balaban J connectivity index is 1.91. The summed E-state index contributed by atoms with van der Waals surface area (Å²) >= 11 is 0. The molecule has 0 fully saturated rings. The summed E-state index contributed by atoms with van der Waals surface area (Å²) in [7, 11) is 1.57. The summed E-state index contributed by atoms with van der Waals surface area (Å²) in [5.41, 5.74) is 0.525. The summed E-state index contributed by atoms with van der Waals surface area (Å²) in [5, 5.41) is 6.58. The first-order valence-corrected chi connectivity index (χ1v) is 7.15. The number of hydrogen-bond donors (Lipinski definition) is 1. The lowest BCUT2D eigenvalue weighted by atomic mass is 10.2. The van der Waals surface area contributed by atoms with Gasteiger partial charge in [-0.3, -0.25) is 14.5 Å². The summed E-state index contributed by atoms with van der Waals surface area (Å²) < 4.78 is 10.0. The van der Waals surface area contributed by atoms with Crippen molar-refractivity contribution in [2.45, 2.75) is 13.8 Å². The number of benzene rings is 1. The van der Waals surface area contributed by atoms with Gasteiger partial charge in [0, 0.05) is 31.6 Å². The van der Waals surface area contributed by atoms with Crippen molar-refractivity contribution in [3.8, 4) is 5.75 Å². The summed E-state index contributed by atoms with van der Waals surface area (Å²) in [6.07, 6.45) is 0. The lowest BCUT2D eigenvalue weighted by molar-refractivity contribution is -0.116. The van der Waals surface area contributed by atoms with Crippen molar-refractivity contribution < 1.29 is 18.8 Å². The predicted octanol–water partition coefficient (Wildman–Crippen LogP) is 1.77. The molecule has 2 amide bonds. The first-order valence-electron chi connectivity index (χ1n) is 7.15. The summed E-state index contributed by atoms with van der Waals surface area (Å²) in [6, 6.07) is 8.46. The molecular weight excluding hydrogens is 298 g/mol. The van der Waals surface area contributed by atoms with Gasteiger partial charge >= 0.3 is 0 Å². The molecule has 1 aromatic heterocycles. The molecule has 2 aromatic rings. The number of aryl methyl sites for hydroxylation is 1. The van der Waals surface area contributed by atoms with Crippen LogP contribution in [0, 0.1) is 6.92 Å². The number of methoxy groups -OCH3 is 1. The van der Waals surface area contributed by atoms with E-state index in [2.05, 4.69) is 10.5 Å². The number of nitrogens with one attached hydrogen (secondary N) is 1. The highest BCUT2D eigenvalue weighted by molar-refractivity contribution is 5.94. The summed E-state index contributed by atoms with van der Waals surface area (Å²) in [6.45, 7) is 3.80. The van der Waals surface area contributed by atoms with Crippen molar-refractivity contribution in [1.82, 2.24) is 10.5 Å². The Morgan fingerprint density at radius 2 is 2.00 bits per heavy atom. The minimum atomic E-state index is -0.215. The van der Waals surface area contributed by atoms with E-state index in [4.69, 9.17) is 9.26 Å². The topological polar surface area (TPSA) is 84.7 Å². The average Bonchev–Trinajstić information content (AvgIpc) is 2.97. The van der Waals surface area contributed by atoms with Crippen molar-refractivity contribution in [1.29, 1.82) is 0 Å². The van der Waals surface area contributed by atoms with Gasteiger partial charge in [0.15, 0.2) is 5.82 Å². The van der Waals surface area contributed by atoms with Gasteiger partial charge in [-0.25, -0.2) is 0 Å². The minimum absolute atomic E-state index is 0.169. The maximum absolute atomic E-state index is 12.0. The molecule has 7 heteroatoms. The third-order valence-corrected chi connectivity index (χ3v) is 3.25. The quantitative estimate of drug-likeness (QED) is 0.878. The van der Waals surface area contributed by atoms with E-state index in [1.807, 2.05) is 0 Å². The monoisotopic (exact) mass is 317 g/mol. The van der Waals surface area contributed by atoms with Gasteiger partial charge < -0.3 is 14.6 Å². The van der Waals surface area contributed by atoms with E-state index in [-0.39, 0.29) is 11.8 Å². The molecule has 2 rings (SSSR count). The van der Waals surface area contributed by atoms with Crippen molar-refractivity contribution >= 4 is 17.6 Å². The van der Waals surface area contributed by atoms with Crippen molar-refractivity contribution in [3.05, 3.63) is 41.7 Å². The fourth-order valence-electron chi connectivity index (χ4n) is 2.04. The number of rotatable bonds is 6. The highest BCUT2D eigenvalue weighted by Crippen LogP contribution is 2.14. The van der Waals surface area contributed by atoms with Gasteiger partial charge in [-0.05, 0) is 31.2 Å². The smallest absolute Gasteiger partial charge is 0.251 e. The van der Waals surface area contributed by atoms with Crippen LogP contribution in [0.3, 0.4) is 0 Å². The van der Waals surface area contributed by atoms with Gasteiger partial charge in [0.25, 0.3) is 5.91 Å². The minimum Gasteiger partial charge on any atom is -0.497 e. The van der Waals surface area contributed by atoms with E-state index >= 15 is 0 Å². The van der Waals surface area contributed by atoms with Crippen LogP contribution in [0.4, 0.5) is 5.82 Å².